The van der Waals surface area contributed by atoms with E-state index in [-0.39, 0.29) is 0 Å². The van der Waals surface area contributed by atoms with E-state index in [0.29, 0.717) is 0 Å². The Kier molecular flexibility index (Phi) is 2.94. The number of nitrogens with zero attached hydrogens (tertiary/aromatic N) is 1. The standard InChI is InChI=1S/C14H20N2/c1-2-4-14-6-8-16(7-5-13(14)3-1)11-12-9-15-10-12/h1-4,12,15H,5-11H2. The summed E-state index contributed by atoms with van der Waals surface area (Å²) in [6.45, 7) is 6.23. The molecule has 0 radical (unpaired) electrons. The van der Waals surface area contributed by atoms with Gasteiger partial charge in [0.1, 0.15) is 0 Å². The molecule has 0 aromatic heterocycles. The topological polar surface area (TPSA) is 15.3 Å². The molecule has 2 heterocycles. The number of hydrogen-bond donors (Lipinski definition) is 1. The molecule has 2 nitrogen and oxygen atoms in total. The molecule has 0 saturated carbocycles. The molecule has 3 rings (SSSR count). The first-order valence-corrected chi connectivity index (χ1v) is 6.41. The summed E-state index contributed by atoms with van der Waals surface area (Å²) in [5, 5.41) is 3.36. The zero-order chi connectivity index (χ0) is 10.8. The van der Waals surface area contributed by atoms with Crippen molar-refractivity contribution in [3.63, 3.8) is 0 Å². The van der Waals surface area contributed by atoms with Crippen molar-refractivity contribution < 1.29 is 0 Å². The van der Waals surface area contributed by atoms with Crippen LogP contribution in [0.1, 0.15) is 11.1 Å². The first kappa shape index (κ1) is 10.3. The lowest BCUT2D eigenvalue weighted by Crippen LogP contribution is -2.48. The predicted octanol–water partition coefficient (Wildman–Crippen LogP) is 1.31. The Morgan fingerprint density at radius 3 is 2.19 bits per heavy atom. The molecule has 1 saturated heterocycles. The van der Waals surface area contributed by atoms with Crippen molar-refractivity contribution in [2.24, 2.45) is 5.92 Å². The van der Waals surface area contributed by atoms with Gasteiger partial charge in [0.2, 0.25) is 0 Å². The van der Waals surface area contributed by atoms with Gasteiger partial charge >= 0.3 is 0 Å². The fourth-order valence-corrected chi connectivity index (χ4v) is 2.74. The van der Waals surface area contributed by atoms with Crippen LogP contribution in [0.3, 0.4) is 0 Å². The molecule has 0 atom stereocenters. The zero-order valence-electron chi connectivity index (χ0n) is 9.78. The van der Waals surface area contributed by atoms with E-state index >= 15 is 0 Å². The smallest absolute Gasteiger partial charge is 0.00342 e. The van der Waals surface area contributed by atoms with Crippen LogP contribution in [0.25, 0.3) is 0 Å². The Bertz CT molecular complexity index is 331. The van der Waals surface area contributed by atoms with Crippen LogP contribution in [0.2, 0.25) is 0 Å². The minimum absolute atomic E-state index is 0.904. The van der Waals surface area contributed by atoms with Gasteiger partial charge in [0.15, 0.2) is 0 Å². The summed E-state index contributed by atoms with van der Waals surface area (Å²) in [5.74, 6) is 0.904. The number of benzene rings is 1. The molecule has 1 fully saturated rings. The molecule has 1 aromatic carbocycles. The normalized spacial score (nSPS) is 22.2. The van der Waals surface area contributed by atoms with Crippen LogP contribution in [-0.4, -0.2) is 37.6 Å². The van der Waals surface area contributed by atoms with Gasteiger partial charge in [0.25, 0.3) is 0 Å². The monoisotopic (exact) mass is 216 g/mol. The maximum Gasteiger partial charge on any atom is 0.00342 e. The zero-order valence-corrected chi connectivity index (χ0v) is 9.78. The Morgan fingerprint density at radius 1 is 1.06 bits per heavy atom. The van der Waals surface area contributed by atoms with Gasteiger partial charge in [-0.3, -0.25) is 0 Å². The second-order valence-electron chi connectivity index (χ2n) is 5.09. The van der Waals surface area contributed by atoms with Crippen molar-refractivity contribution in [1.82, 2.24) is 10.2 Å². The van der Waals surface area contributed by atoms with Crippen LogP contribution in [-0.2, 0) is 12.8 Å². The molecule has 0 bridgehead atoms. The summed E-state index contributed by atoms with van der Waals surface area (Å²) < 4.78 is 0. The molecule has 2 aliphatic heterocycles. The summed E-state index contributed by atoms with van der Waals surface area (Å²) >= 11 is 0. The van der Waals surface area contributed by atoms with Crippen LogP contribution in [0.15, 0.2) is 24.3 Å². The van der Waals surface area contributed by atoms with Gasteiger partial charge in [-0.25, -0.2) is 0 Å². The minimum atomic E-state index is 0.904. The maximum absolute atomic E-state index is 3.36. The molecular weight excluding hydrogens is 196 g/mol. The van der Waals surface area contributed by atoms with Gasteiger partial charge in [0, 0.05) is 32.7 Å². The first-order valence-electron chi connectivity index (χ1n) is 6.41. The van der Waals surface area contributed by atoms with Gasteiger partial charge in [-0.2, -0.15) is 0 Å². The van der Waals surface area contributed by atoms with Gasteiger partial charge in [-0.15, -0.1) is 0 Å². The fourth-order valence-electron chi connectivity index (χ4n) is 2.74. The largest absolute Gasteiger partial charge is 0.316 e. The highest BCUT2D eigenvalue weighted by molar-refractivity contribution is 5.28. The number of nitrogens with one attached hydrogen (secondary N) is 1. The lowest BCUT2D eigenvalue weighted by molar-refractivity contribution is 0.199. The van der Waals surface area contributed by atoms with Crippen LogP contribution < -0.4 is 5.32 Å². The summed E-state index contributed by atoms with van der Waals surface area (Å²) in [4.78, 5) is 2.64. The Labute approximate surface area is 97.6 Å². The van der Waals surface area contributed by atoms with E-state index in [1.54, 1.807) is 11.1 Å². The van der Waals surface area contributed by atoms with Gasteiger partial charge in [-0.05, 0) is 29.9 Å². The molecule has 2 aliphatic rings. The Balaban J connectivity index is 1.62. The maximum atomic E-state index is 3.36. The fraction of sp³-hybridized carbons (Fsp3) is 0.571. The lowest BCUT2D eigenvalue weighted by atomic mass is 10.0. The van der Waals surface area contributed by atoms with E-state index in [9.17, 15) is 0 Å². The quantitative estimate of drug-likeness (QED) is 0.802. The third kappa shape index (κ3) is 2.13. The van der Waals surface area contributed by atoms with Crippen LogP contribution in [0.4, 0.5) is 0 Å². The van der Waals surface area contributed by atoms with Crippen LogP contribution in [0.5, 0.6) is 0 Å². The summed E-state index contributed by atoms with van der Waals surface area (Å²) in [5.41, 5.74) is 3.13. The molecule has 0 aliphatic carbocycles. The van der Waals surface area contributed by atoms with Gasteiger partial charge < -0.3 is 10.2 Å². The van der Waals surface area contributed by atoms with Crippen molar-refractivity contribution in [3.05, 3.63) is 35.4 Å². The minimum Gasteiger partial charge on any atom is -0.316 e. The van der Waals surface area contributed by atoms with E-state index in [4.69, 9.17) is 0 Å². The van der Waals surface area contributed by atoms with Crippen molar-refractivity contribution in [2.45, 2.75) is 12.8 Å². The molecule has 0 amide bonds. The number of fused-ring (bicyclic) bond motifs is 1. The van der Waals surface area contributed by atoms with E-state index in [0.717, 1.165) is 5.92 Å². The summed E-state index contributed by atoms with van der Waals surface area (Å²) in [6.07, 6.45) is 2.46. The summed E-state index contributed by atoms with van der Waals surface area (Å²) in [7, 11) is 0. The second-order valence-corrected chi connectivity index (χ2v) is 5.09. The number of hydrogen-bond acceptors (Lipinski definition) is 2. The SMILES string of the molecule is c1ccc2c(c1)CCN(CC1CNC1)CC2. The third-order valence-corrected chi connectivity index (χ3v) is 3.90. The van der Waals surface area contributed by atoms with Crippen molar-refractivity contribution in [1.29, 1.82) is 0 Å². The van der Waals surface area contributed by atoms with Crippen LogP contribution >= 0.6 is 0 Å². The molecule has 1 aromatic rings. The van der Waals surface area contributed by atoms with Crippen molar-refractivity contribution in [3.8, 4) is 0 Å². The lowest BCUT2D eigenvalue weighted by Gasteiger charge is -2.32. The molecule has 2 heteroatoms. The molecule has 16 heavy (non-hydrogen) atoms. The molecule has 0 unspecified atom stereocenters. The van der Waals surface area contributed by atoms with Crippen LogP contribution in [0, 0.1) is 5.92 Å². The van der Waals surface area contributed by atoms with Gasteiger partial charge in [-0.1, -0.05) is 24.3 Å². The Hall–Kier alpha value is -0.860. The van der Waals surface area contributed by atoms with E-state index in [2.05, 4.69) is 34.5 Å². The van der Waals surface area contributed by atoms with Gasteiger partial charge in [0.05, 0.1) is 0 Å². The summed E-state index contributed by atoms with van der Waals surface area (Å²) in [6, 6.07) is 8.93. The highest BCUT2D eigenvalue weighted by Crippen LogP contribution is 2.16. The molecule has 86 valence electrons. The van der Waals surface area contributed by atoms with E-state index < -0.39 is 0 Å². The number of rotatable bonds is 2. The van der Waals surface area contributed by atoms with Crippen molar-refractivity contribution >= 4 is 0 Å². The predicted molar refractivity (Wildman–Crippen MR) is 66.6 cm³/mol. The average molecular weight is 216 g/mol. The van der Waals surface area contributed by atoms with E-state index in [1.807, 2.05) is 0 Å². The molecular formula is C14H20N2. The Morgan fingerprint density at radius 2 is 1.69 bits per heavy atom. The highest BCUT2D eigenvalue weighted by atomic mass is 15.1. The molecule has 1 N–H and O–H groups in total. The first-order chi connectivity index (χ1) is 7.92. The average Bonchev–Trinajstić information content (AvgIpc) is 2.46. The van der Waals surface area contributed by atoms with E-state index in [1.165, 1.54) is 45.6 Å². The second kappa shape index (κ2) is 4.56. The molecule has 0 spiro atoms. The highest BCUT2D eigenvalue weighted by Gasteiger charge is 2.21. The third-order valence-electron chi connectivity index (χ3n) is 3.90. The van der Waals surface area contributed by atoms with Crippen molar-refractivity contribution in [2.75, 3.05) is 32.7 Å².